The molecule has 0 fully saturated rings. The van der Waals surface area contributed by atoms with Crippen molar-refractivity contribution < 1.29 is 9.90 Å². The lowest BCUT2D eigenvalue weighted by molar-refractivity contribution is -0.137. The minimum atomic E-state index is -1.01. The molecule has 14 heavy (non-hydrogen) atoms. The monoisotopic (exact) mass is 235 g/mol. The van der Waals surface area contributed by atoms with Gasteiger partial charge in [-0.2, -0.15) is 0 Å². The van der Waals surface area contributed by atoms with Gasteiger partial charge in [-0.15, -0.1) is 10.2 Å². The summed E-state index contributed by atoms with van der Waals surface area (Å²) in [5, 5.41) is 15.7. The van der Waals surface area contributed by atoms with Gasteiger partial charge >= 0.3 is 5.97 Å². The first-order valence-electron chi connectivity index (χ1n) is 3.66. The maximum atomic E-state index is 10.4. The van der Waals surface area contributed by atoms with E-state index in [-0.39, 0.29) is 16.7 Å². The first-order chi connectivity index (χ1) is 6.50. The van der Waals surface area contributed by atoms with E-state index in [1.807, 2.05) is 0 Å². The molecule has 0 aliphatic carbocycles. The fraction of sp³-hybridized carbons (Fsp3) is 0.286. The number of rotatable bonds is 3. The predicted octanol–water partition coefficient (Wildman–Crippen LogP) is 1.26. The summed E-state index contributed by atoms with van der Waals surface area (Å²) in [6.07, 6.45) is -0.234. The summed E-state index contributed by atoms with van der Waals surface area (Å²) in [6.45, 7) is 0. The number of halogens is 2. The van der Waals surface area contributed by atoms with Crippen LogP contribution in [0.2, 0.25) is 10.3 Å². The van der Waals surface area contributed by atoms with Gasteiger partial charge in [0.2, 0.25) is 0 Å². The van der Waals surface area contributed by atoms with Gasteiger partial charge in [0, 0.05) is 11.6 Å². The molecule has 1 unspecified atom stereocenters. The quantitative estimate of drug-likeness (QED) is 0.824. The van der Waals surface area contributed by atoms with Gasteiger partial charge in [0.25, 0.3) is 0 Å². The highest BCUT2D eigenvalue weighted by Crippen LogP contribution is 2.22. The second-order valence-electron chi connectivity index (χ2n) is 2.62. The van der Waals surface area contributed by atoms with Gasteiger partial charge in [0.1, 0.15) is 0 Å². The topological polar surface area (TPSA) is 89.1 Å². The Labute approximate surface area is 89.8 Å². The van der Waals surface area contributed by atoms with E-state index in [1.54, 1.807) is 0 Å². The summed E-state index contributed by atoms with van der Waals surface area (Å²) in [5.74, 6) is -1.01. The molecule has 0 amide bonds. The van der Waals surface area contributed by atoms with Crippen LogP contribution in [0, 0.1) is 0 Å². The summed E-state index contributed by atoms with van der Waals surface area (Å²) in [6, 6.07) is 0.679. The average molecular weight is 236 g/mol. The van der Waals surface area contributed by atoms with Crippen LogP contribution in [-0.4, -0.2) is 21.3 Å². The van der Waals surface area contributed by atoms with Crippen LogP contribution in [-0.2, 0) is 4.79 Å². The van der Waals surface area contributed by atoms with Crippen molar-refractivity contribution in [1.29, 1.82) is 0 Å². The lowest BCUT2D eigenvalue weighted by Gasteiger charge is -2.09. The molecule has 0 saturated carbocycles. The van der Waals surface area contributed by atoms with Crippen molar-refractivity contribution in [2.45, 2.75) is 12.5 Å². The lowest BCUT2D eigenvalue weighted by Crippen LogP contribution is -2.16. The van der Waals surface area contributed by atoms with Crippen LogP contribution in [0.5, 0.6) is 0 Å². The van der Waals surface area contributed by atoms with Crippen molar-refractivity contribution in [3.05, 3.63) is 21.9 Å². The predicted molar refractivity (Wildman–Crippen MR) is 51.2 cm³/mol. The Bertz CT molecular complexity index is 359. The molecule has 0 spiro atoms. The van der Waals surface area contributed by atoms with Crippen molar-refractivity contribution in [2.24, 2.45) is 5.73 Å². The molecule has 1 aromatic heterocycles. The van der Waals surface area contributed by atoms with Gasteiger partial charge < -0.3 is 10.8 Å². The molecule has 0 bridgehead atoms. The molecule has 1 atom stereocenters. The van der Waals surface area contributed by atoms with Gasteiger partial charge in [-0.05, 0) is 6.07 Å². The fourth-order valence-corrected chi connectivity index (χ4v) is 1.31. The van der Waals surface area contributed by atoms with E-state index in [9.17, 15) is 4.79 Å². The Morgan fingerprint density at radius 1 is 1.57 bits per heavy atom. The average Bonchev–Trinajstić information content (AvgIpc) is 2.08. The number of carbonyl (C=O) groups is 1. The zero-order valence-corrected chi connectivity index (χ0v) is 8.46. The number of carboxylic acid groups (broad SMARTS) is 1. The molecule has 0 aromatic carbocycles. The fourth-order valence-electron chi connectivity index (χ4n) is 0.924. The molecule has 0 aliphatic heterocycles. The molecule has 3 N–H and O–H groups in total. The van der Waals surface area contributed by atoms with Crippen LogP contribution in [0.3, 0.4) is 0 Å². The normalized spacial score (nSPS) is 12.5. The van der Waals surface area contributed by atoms with E-state index in [0.29, 0.717) is 5.56 Å². The Hall–Kier alpha value is -0.910. The standard InChI is InChI=1S/C7H7Cl2N3O2/c8-5-1-3(7(9)12-11-5)4(10)2-6(13)14/h1,4H,2,10H2,(H,13,14). The molecule has 5 nitrogen and oxygen atoms in total. The van der Waals surface area contributed by atoms with E-state index in [0.717, 1.165) is 0 Å². The van der Waals surface area contributed by atoms with Crippen molar-refractivity contribution in [2.75, 3.05) is 0 Å². The smallest absolute Gasteiger partial charge is 0.305 e. The zero-order chi connectivity index (χ0) is 10.7. The summed E-state index contributed by atoms with van der Waals surface area (Å²) < 4.78 is 0. The molecule has 0 saturated heterocycles. The van der Waals surface area contributed by atoms with Crippen LogP contribution < -0.4 is 5.73 Å². The number of hydrogen-bond acceptors (Lipinski definition) is 4. The summed E-state index contributed by atoms with van der Waals surface area (Å²) >= 11 is 11.2. The van der Waals surface area contributed by atoms with Crippen LogP contribution in [0.4, 0.5) is 0 Å². The van der Waals surface area contributed by atoms with E-state index in [4.69, 9.17) is 34.0 Å². The highest BCUT2D eigenvalue weighted by Gasteiger charge is 2.15. The minimum absolute atomic E-state index is 0.0724. The van der Waals surface area contributed by atoms with E-state index in [1.165, 1.54) is 6.07 Å². The van der Waals surface area contributed by atoms with Gasteiger partial charge in [-0.25, -0.2) is 0 Å². The molecule has 1 heterocycles. The molecule has 1 aromatic rings. The third-order valence-electron chi connectivity index (χ3n) is 1.54. The van der Waals surface area contributed by atoms with Gasteiger partial charge in [-0.3, -0.25) is 4.79 Å². The molecule has 0 aliphatic rings. The zero-order valence-electron chi connectivity index (χ0n) is 6.94. The third kappa shape index (κ3) is 2.80. The Balaban J connectivity index is 2.93. The van der Waals surface area contributed by atoms with Crippen LogP contribution in [0.15, 0.2) is 6.07 Å². The Kier molecular flexibility index (Phi) is 3.62. The molecule has 0 radical (unpaired) electrons. The highest BCUT2D eigenvalue weighted by molar-refractivity contribution is 6.31. The van der Waals surface area contributed by atoms with Gasteiger partial charge in [0.15, 0.2) is 10.3 Å². The van der Waals surface area contributed by atoms with E-state index >= 15 is 0 Å². The molecule has 7 heteroatoms. The van der Waals surface area contributed by atoms with E-state index < -0.39 is 12.0 Å². The third-order valence-corrected chi connectivity index (χ3v) is 2.02. The van der Waals surface area contributed by atoms with Gasteiger partial charge in [-0.1, -0.05) is 23.2 Å². The first kappa shape index (κ1) is 11.2. The number of carboxylic acids is 1. The van der Waals surface area contributed by atoms with Crippen molar-refractivity contribution in [3.63, 3.8) is 0 Å². The van der Waals surface area contributed by atoms with Crippen LogP contribution >= 0.6 is 23.2 Å². The van der Waals surface area contributed by atoms with Crippen LogP contribution in [0.1, 0.15) is 18.0 Å². The molecular formula is C7H7Cl2N3O2. The largest absolute Gasteiger partial charge is 0.481 e. The Morgan fingerprint density at radius 2 is 2.21 bits per heavy atom. The summed E-state index contributed by atoms with van der Waals surface area (Å²) in [7, 11) is 0. The van der Waals surface area contributed by atoms with Crippen molar-refractivity contribution in [1.82, 2.24) is 10.2 Å². The number of aromatic nitrogens is 2. The maximum Gasteiger partial charge on any atom is 0.305 e. The SMILES string of the molecule is NC(CC(=O)O)c1cc(Cl)nnc1Cl. The van der Waals surface area contributed by atoms with E-state index in [2.05, 4.69) is 10.2 Å². The van der Waals surface area contributed by atoms with Crippen molar-refractivity contribution in [3.8, 4) is 0 Å². The minimum Gasteiger partial charge on any atom is -0.481 e. The number of nitrogens with two attached hydrogens (primary N) is 1. The second kappa shape index (κ2) is 4.54. The second-order valence-corrected chi connectivity index (χ2v) is 3.36. The molecular weight excluding hydrogens is 229 g/mol. The number of nitrogens with zero attached hydrogens (tertiary/aromatic N) is 2. The summed E-state index contributed by atoms with van der Waals surface area (Å²) in [5.41, 5.74) is 5.96. The molecule has 1 rings (SSSR count). The lowest BCUT2D eigenvalue weighted by atomic mass is 10.1. The maximum absolute atomic E-state index is 10.4. The first-order valence-corrected chi connectivity index (χ1v) is 4.42. The summed E-state index contributed by atoms with van der Waals surface area (Å²) in [4.78, 5) is 10.4. The van der Waals surface area contributed by atoms with Crippen molar-refractivity contribution >= 4 is 29.2 Å². The van der Waals surface area contributed by atoms with Gasteiger partial charge in [0.05, 0.1) is 6.42 Å². The number of aliphatic carboxylic acids is 1. The molecule has 76 valence electrons. The highest BCUT2D eigenvalue weighted by atomic mass is 35.5. The Morgan fingerprint density at radius 3 is 2.79 bits per heavy atom. The number of hydrogen-bond donors (Lipinski definition) is 2. The van der Waals surface area contributed by atoms with Crippen LogP contribution in [0.25, 0.3) is 0 Å².